The number of nitrogens with zero attached hydrogens (tertiary/aromatic N) is 1. The lowest BCUT2D eigenvalue weighted by Crippen LogP contribution is -2.36. The van der Waals surface area contributed by atoms with Crippen molar-refractivity contribution < 1.29 is 14.3 Å². The van der Waals surface area contributed by atoms with Crippen molar-refractivity contribution in [2.24, 2.45) is 10.7 Å². The Morgan fingerprint density at radius 3 is 2.62 bits per heavy atom. The molecule has 0 saturated carbocycles. The van der Waals surface area contributed by atoms with E-state index in [0.29, 0.717) is 37.8 Å². The Morgan fingerprint density at radius 2 is 1.90 bits per heavy atom. The van der Waals surface area contributed by atoms with Crippen LogP contribution in [0.15, 0.2) is 47.5 Å². The van der Waals surface area contributed by atoms with E-state index in [4.69, 9.17) is 15.2 Å². The normalized spacial score (nSPS) is 11.2. The summed E-state index contributed by atoms with van der Waals surface area (Å²) in [5.41, 5.74) is 8.97. The van der Waals surface area contributed by atoms with Crippen molar-refractivity contribution in [3.05, 3.63) is 64.7 Å². The predicted octanol–water partition coefficient (Wildman–Crippen LogP) is 2.37. The molecule has 0 heterocycles. The van der Waals surface area contributed by atoms with Gasteiger partial charge in [-0.15, -0.1) is 0 Å². The Labute approximate surface area is 172 Å². The molecule has 0 bridgehead atoms. The minimum atomic E-state index is -0.438. The standard InChI is InChI=1S/C22H30N4O3/c1-16-8-9-19(20(12-16)29-11-5-10-28-3)15-26-22(24-2)25-14-17-6-4-7-18(13-17)21(23)27/h4,6-9,12-13H,5,10-11,14-15H2,1-3H3,(H2,23,27)(H2,24,25,26). The van der Waals surface area contributed by atoms with Crippen LogP contribution in [0, 0.1) is 6.92 Å². The van der Waals surface area contributed by atoms with Crippen LogP contribution in [-0.4, -0.2) is 39.2 Å². The topological polar surface area (TPSA) is 98.0 Å². The average molecular weight is 399 g/mol. The number of benzene rings is 2. The van der Waals surface area contributed by atoms with E-state index in [9.17, 15) is 4.79 Å². The van der Waals surface area contributed by atoms with Crippen molar-refractivity contribution in [3.8, 4) is 5.75 Å². The number of hydrogen-bond acceptors (Lipinski definition) is 4. The number of aryl methyl sites for hydroxylation is 1. The summed E-state index contributed by atoms with van der Waals surface area (Å²) >= 11 is 0. The molecule has 29 heavy (non-hydrogen) atoms. The van der Waals surface area contributed by atoms with Crippen LogP contribution in [-0.2, 0) is 17.8 Å². The molecule has 0 aromatic heterocycles. The van der Waals surface area contributed by atoms with Crippen molar-refractivity contribution in [1.29, 1.82) is 0 Å². The number of carbonyl (C=O) groups is 1. The quantitative estimate of drug-likeness (QED) is 0.324. The van der Waals surface area contributed by atoms with E-state index in [1.807, 2.05) is 25.1 Å². The highest BCUT2D eigenvalue weighted by molar-refractivity contribution is 5.92. The number of methoxy groups -OCH3 is 1. The van der Waals surface area contributed by atoms with Gasteiger partial charge in [-0.1, -0.05) is 24.3 Å². The monoisotopic (exact) mass is 398 g/mol. The highest BCUT2D eigenvalue weighted by Gasteiger charge is 2.07. The molecule has 7 nitrogen and oxygen atoms in total. The van der Waals surface area contributed by atoms with Gasteiger partial charge in [0, 0.05) is 51.4 Å². The maximum Gasteiger partial charge on any atom is 0.248 e. The third-order valence-electron chi connectivity index (χ3n) is 4.31. The minimum Gasteiger partial charge on any atom is -0.493 e. The first-order valence-electron chi connectivity index (χ1n) is 9.58. The molecule has 2 rings (SSSR count). The van der Waals surface area contributed by atoms with E-state index in [-0.39, 0.29) is 0 Å². The molecule has 2 aromatic carbocycles. The van der Waals surface area contributed by atoms with Gasteiger partial charge in [0.25, 0.3) is 0 Å². The summed E-state index contributed by atoms with van der Waals surface area (Å²) in [4.78, 5) is 15.6. The summed E-state index contributed by atoms with van der Waals surface area (Å²) < 4.78 is 11.0. The Kier molecular flexibility index (Phi) is 8.98. The second-order valence-corrected chi connectivity index (χ2v) is 6.65. The summed E-state index contributed by atoms with van der Waals surface area (Å²) in [7, 11) is 3.40. The third kappa shape index (κ3) is 7.46. The number of rotatable bonds is 10. The summed E-state index contributed by atoms with van der Waals surface area (Å²) in [6.07, 6.45) is 0.838. The van der Waals surface area contributed by atoms with Crippen LogP contribution in [0.4, 0.5) is 0 Å². The highest BCUT2D eigenvalue weighted by atomic mass is 16.5. The van der Waals surface area contributed by atoms with Crippen LogP contribution >= 0.6 is 0 Å². The van der Waals surface area contributed by atoms with Crippen molar-refractivity contribution in [1.82, 2.24) is 10.6 Å². The minimum absolute atomic E-state index is 0.438. The van der Waals surface area contributed by atoms with Crippen LogP contribution < -0.4 is 21.1 Å². The van der Waals surface area contributed by atoms with E-state index in [0.717, 1.165) is 28.9 Å². The van der Waals surface area contributed by atoms with E-state index in [2.05, 4.69) is 27.8 Å². The maximum absolute atomic E-state index is 11.3. The first-order chi connectivity index (χ1) is 14.0. The number of hydrogen-bond donors (Lipinski definition) is 3. The van der Waals surface area contributed by atoms with Crippen LogP contribution in [0.2, 0.25) is 0 Å². The van der Waals surface area contributed by atoms with E-state index >= 15 is 0 Å². The number of nitrogens with two attached hydrogens (primary N) is 1. The fourth-order valence-corrected chi connectivity index (χ4v) is 2.75. The Bertz CT molecular complexity index is 837. The third-order valence-corrected chi connectivity index (χ3v) is 4.31. The predicted molar refractivity (Wildman–Crippen MR) is 115 cm³/mol. The smallest absolute Gasteiger partial charge is 0.248 e. The van der Waals surface area contributed by atoms with Gasteiger partial charge >= 0.3 is 0 Å². The molecule has 2 aromatic rings. The zero-order chi connectivity index (χ0) is 21.1. The van der Waals surface area contributed by atoms with Gasteiger partial charge in [-0.25, -0.2) is 0 Å². The lowest BCUT2D eigenvalue weighted by Gasteiger charge is -2.16. The lowest BCUT2D eigenvalue weighted by atomic mass is 10.1. The van der Waals surface area contributed by atoms with Gasteiger partial charge < -0.3 is 25.8 Å². The number of primary amides is 1. The largest absolute Gasteiger partial charge is 0.493 e. The van der Waals surface area contributed by atoms with Gasteiger partial charge in [0.15, 0.2) is 5.96 Å². The molecule has 0 aliphatic heterocycles. The van der Waals surface area contributed by atoms with Gasteiger partial charge in [0.1, 0.15) is 5.75 Å². The molecule has 7 heteroatoms. The molecule has 1 amide bonds. The number of carbonyl (C=O) groups excluding carboxylic acids is 1. The van der Waals surface area contributed by atoms with Crippen molar-refractivity contribution in [3.63, 3.8) is 0 Å². The SMILES string of the molecule is CN=C(NCc1cccc(C(N)=O)c1)NCc1ccc(C)cc1OCCCOC. The Hall–Kier alpha value is -3.06. The van der Waals surface area contributed by atoms with E-state index < -0.39 is 5.91 Å². The zero-order valence-corrected chi connectivity index (χ0v) is 17.3. The lowest BCUT2D eigenvalue weighted by molar-refractivity contribution is 0.1000. The van der Waals surface area contributed by atoms with Crippen LogP contribution in [0.5, 0.6) is 5.75 Å². The Morgan fingerprint density at radius 1 is 1.10 bits per heavy atom. The number of guanidine groups is 1. The average Bonchev–Trinajstić information content (AvgIpc) is 2.72. The molecular weight excluding hydrogens is 368 g/mol. The maximum atomic E-state index is 11.3. The Balaban J connectivity index is 1.93. The van der Waals surface area contributed by atoms with Gasteiger partial charge in [-0.05, 0) is 36.2 Å². The van der Waals surface area contributed by atoms with Gasteiger partial charge in [-0.3, -0.25) is 9.79 Å². The van der Waals surface area contributed by atoms with E-state index in [1.165, 1.54) is 0 Å². The van der Waals surface area contributed by atoms with Crippen molar-refractivity contribution in [2.45, 2.75) is 26.4 Å². The van der Waals surface area contributed by atoms with Gasteiger partial charge in [-0.2, -0.15) is 0 Å². The second-order valence-electron chi connectivity index (χ2n) is 6.65. The molecule has 156 valence electrons. The number of amides is 1. The molecule has 4 N–H and O–H groups in total. The van der Waals surface area contributed by atoms with Crippen molar-refractivity contribution >= 4 is 11.9 Å². The van der Waals surface area contributed by atoms with Crippen molar-refractivity contribution in [2.75, 3.05) is 27.4 Å². The van der Waals surface area contributed by atoms with Gasteiger partial charge in [0.2, 0.25) is 5.91 Å². The summed E-state index contributed by atoms with van der Waals surface area (Å²) in [5.74, 6) is 1.07. The number of aliphatic imine (C=N–C) groups is 1. The molecule has 0 unspecified atom stereocenters. The van der Waals surface area contributed by atoms with Crippen LogP contribution in [0.3, 0.4) is 0 Å². The summed E-state index contributed by atoms with van der Waals surface area (Å²) in [6.45, 7) is 4.41. The molecule has 0 fully saturated rings. The molecule has 0 saturated heterocycles. The highest BCUT2D eigenvalue weighted by Crippen LogP contribution is 2.20. The summed E-state index contributed by atoms with van der Waals surface area (Å²) in [6, 6.07) is 13.4. The summed E-state index contributed by atoms with van der Waals surface area (Å²) in [5, 5.41) is 6.54. The van der Waals surface area contributed by atoms with Crippen LogP contribution in [0.25, 0.3) is 0 Å². The second kappa shape index (κ2) is 11.7. The molecule has 0 atom stereocenters. The molecule has 0 radical (unpaired) electrons. The molecule has 0 aliphatic rings. The number of ether oxygens (including phenoxy) is 2. The number of nitrogens with one attached hydrogen (secondary N) is 2. The molecule has 0 spiro atoms. The fraction of sp³-hybridized carbons (Fsp3) is 0.364. The fourth-order valence-electron chi connectivity index (χ4n) is 2.75. The molecule has 0 aliphatic carbocycles. The van der Waals surface area contributed by atoms with E-state index in [1.54, 1.807) is 26.3 Å². The zero-order valence-electron chi connectivity index (χ0n) is 17.3. The first kappa shape index (κ1) is 22.2. The first-order valence-corrected chi connectivity index (χ1v) is 9.58. The molecular formula is C22H30N4O3. The van der Waals surface area contributed by atoms with Gasteiger partial charge in [0.05, 0.1) is 6.61 Å². The van der Waals surface area contributed by atoms with Crippen LogP contribution in [0.1, 0.15) is 33.5 Å².